The fourth-order valence-electron chi connectivity index (χ4n) is 1.75. The summed E-state index contributed by atoms with van der Waals surface area (Å²) in [5.74, 6) is 1.52. The third kappa shape index (κ3) is 2.32. The predicted octanol–water partition coefficient (Wildman–Crippen LogP) is 2.35. The smallest absolute Gasteiger partial charge is 0.208 e. The molecule has 1 aromatic carbocycles. The van der Waals surface area contributed by atoms with E-state index in [0.29, 0.717) is 23.3 Å². The fourth-order valence-corrected chi connectivity index (χ4v) is 2.21. The Morgan fingerprint density at radius 1 is 1.32 bits per heavy atom. The van der Waals surface area contributed by atoms with Crippen LogP contribution in [0.3, 0.4) is 0 Å². The summed E-state index contributed by atoms with van der Waals surface area (Å²) in [4.78, 5) is 16.5. The molecule has 0 bridgehead atoms. The Bertz CT molecular complexity index is 680. The maximum Gasteiger partial charge on any atom is 0.208 e. The first-order valence-electron chi connectivity index (χ1n) is 5.63. The van der Waals surface area contributed by atoms with Gasteiger partial charge in [-0.15, -0.1) is 11.8 Å². The number of nitrogens with two attached hydrogens (primary N) is 1. The van der Waals surface area contributed by atoms with E-state index in [1.54, 1.807) is 11.8 Å². The minimum absolute atomic E-state index is 0.450. The second-order valence-corrected chi connectivity index (χ2v) is 4.78. The van der Waals surface area contributed by atoms with Gasteiger partial charge in [0, 0.05) is 10.6 Å². The number of H-pyrrole nitrogens is 1. The zero-order valence-electron chi connectivity index (χ0n) is 10.2. The quantitative estimate of drug-likeness (QED) is 0.634. The van der Waals surface area contributed by atoms with Crippen molar-refractivity contribution in [3.8, 4) is 11.5 Å². The topological polar surface area (TPSA) is 92.5 Å². The van der Waals surface area contributed by atoms with E-state index in [0.717, 1.165) is 5.69 Å². The number of fused-ring (bicyclic) bond motifs is 1. The molecule has 96 valence electrons. The summed E-state index contributed by atoms with van der Waals surface area (Å²) >= 11 is 1.68. The van der Waals surface area contributed by atoms with E-state index in [4.69, 9.17) is 5.73 Å². The van der Waals surface area contributed by atoms with Crippen molar-refractivity contribution < 1.29 is 0 Å². The maximum atomic E-state index is 5.87. The van der Waals surface area contributed by atoms with Gasteiger partial charge in [-0.3, -0.25) is 0 Å². The molecule has 6 nitrogen and oxygen atoms in total. The average molecular weight is 272 g/mol. The Kier molecular flexibility index (Phi) is 2.96. The summed E-state index contributed by atoms with van der Waals surface area (Å²) in [7, 11) is 0. The molecule has 19 heavy (non-hydrogen) atoms. The van der Waals surface area contributed by atoms with Gasteiger partial charge in [-0.2, -0.15) is 4.98 Å². The van der Waals surface area contributed by atoms with Gasteiger partial charge in [0.2, 0.25) is 5.95 Å². The molecule has 0 saturated carbocycles. The second-order valence-electron chi connectivity index (χ2n) is 3.90. The third-order valence-corrected chi connectivity index (χ3v) is 3.36. The van der Waals surface area contributed by atoms with Gasteiger partial charge in [0.25, 0.3) is 0 Å². The summed E-state index contributed by atoms with van der Waals surface area (Å²) in [6.45, 7) is 0. The molecule has 2 aliphatic heterocycles. The van der Waals surface area contributed by atoms with Gasteiger partial charge in [-0.1, -0.05) is 6.07 Å². The number of anilines is 3. The molecule has 0 aromatic heterocycles. The van der Waals surface area contributed by atoms with Gasteiger partial charge in [-0.25, -0.2) is 9.97 Å². The number of nitrogens with one attached hydrogen (secondary N) is 2. The van der Waals surface area contributed by atoms with E-state index in [1.165, 1.54) is 11.2 Å². The highest BCUT2D eigenvalue weighted by Gasteiger charge is 2.13. The van der Waals surface area contributed by atoms with Gasteiger partial charge < -0.3 is 16.0 Å². The van der Waals surface area contributed by atoms with E-state index in [2.05, 4.69) is 25.3 Å². The van der Waals surface area contributed by atoms with Crippen molar-refractivity contribution in [2.45, 2.75) is 4.90 Å². The first kappa shape index (κ1) is 11.8. The van der Waals surface area contributed by atoms with Gasteiger partial charge in [-0.05, 0) is 24.5 Å². The summed E-state index contributed by atoms with van der Waals surface area (Å²) in [6, 6.07) is 8.04. The molecule has 0 fully saturated rings. The minimum Gasteiger partial charge on any atom is -0.383 e. The molecule has 0 spiro atoms. The molecular weight excluding hydrogens is 260 g/mol. The molecule has 0 atom stereocenters. The number of aromatic amines is 1. The Hall–Kier alpha value is -2.28. The van der Waals surface area contributed by atoms with Crippen molar-refractivity contribution >= 4 is 29.2 Å². The van der Waals surface area contributed by atoms with Crippen molar-refractivity contribution in [3.05, 3.63) is 30.6 Å². The lowest BCUT2D eigenvalue weighted by atomic mass is 10.3. The molecule has 0 amide bonds. The van der Waals surface area contributed by atoms with E-state index in [1.807, 2.05) is 30.5 Å². The molecular formula is C12H12N6S. The van der Waals surface area contributed by atoms with E-state index >= 15 is 0 Å². The van der Waals surface area contributed by atoms with Crippen LogP contribution in [0, 0.1) is 0 Å². The third-order valence-electron chi connectivity index (χ3n) is 2.64. The molecule has 1 aromatic rings. The highest BCUT2D eigenvalue weighted by molar-refractivity contribution is 7.98. The molecule has 7 heteroatoms. The highest BCUT2D eigenvalue weighted by atomic mass is 32.2. The van der Waals surface area contributed by atoms with Crippen molar-refractivity contribution in [2.75, 3.05) is 17.3 Å². The van der Waals surface area contributed by atoms with Crippen LogP contribution in [-0.4, -0.2) is 26.2 Å². The molecule has 4 N–H and O–H groups in total. The van der Waals surface area contributed by atoms with E-state index < -0.39 is 0 Å². The first-order chi connectivity index (χ1) is 9.26. The van der Waals surface area contributed by atoms with E-state index in [-0.39, 0.29) is 0 Å². The molecule has 0 saturated heterocycles. The largest absolute Gasteiger partial charge is 0.383 e. The summed E-state index contributed by atoms with van der Waals surface area (Å²) < 4.78 is 0. The zero-order valence-corrected chi connectivity index (χ0v) is 11.0. The lowest BCUT2D eigenvalue weighted by molar-refractivity contribution is 1.14. The van der Waals surface area contributed by atoms with Gasteiger partial charge in [0.05, 0.1) is 0 Å². The molecule has 0 radical (unpaired) electrons. The van der Waals surface area contributed by atoms with Crippen LogP contribution in [-0.2, 0) is 0 Å². The number of benzene rings is 1. The SMILES string of the molecule is CSc1cccc(Nc2nc3ncnc-3c(N)[nH]2)c1. The van der Waals surface area contributed by atoms with Crippen molar-refractivity contribution in [3.63, 3.8) is 0 Å². The predicted molar refractivity (Wildman–Crippen MR) is 76.7 cm³/mol. The van der Waals surface area contributed by atoms with Crippen LogP contribution in [0.4, 0.5) is 17.5 Å². The Morgan fingerprint density at radius 3 is 3.05 bits per heavy atom. The summed E-state index contributed by atoms with van der Waals surface area (Å²) in [5.41, 5.74) is 7.39. The number of nitrogen functional groups attached to an aromatic ring is 1. The lowest BCUT2D eigenvalue weighted by Gasteiger charge is -2.09. The number of nitrogens with zero attached hydrogens (tertiary/aromatic N) is 3. The molecule has 2 heterocycles. The number of hydrogen-bond acceptors (Lipinski definition) is 6. The zero-order chi connectivity index (χ0) is 13.2. The number of thioether (sulfide) groups is 1. The Balaban J connectivity index is 1.94. The normalized spacial score (nSPS) is 10.8. The molecule has 2 aliphatic rings. The number of rotatable bonds is 3. The maximum absolute atomic E-state index is 5.87. The van der Waals surface area contributed by atoms with Crippen molar-refractivity contribution in [1.29, 1.82) is 0 Å². The number of hydrogen-bond donors (Lipinski definition) is 3. The lowest BCUT2D eigenvalue weighted by Crippen LogP contribution is -2.04. The van der Waals surface area contributed by atoms with E-state index in [9.17, 15) is 0 Å². The summed E-state index contributed by atoms with van der Waals surface area (Å²) in [5, 5.41) is 3.17. The standard InChI is InChI=1S/C12H12N6S/c1-19-8-4-2-3-7(5-8)16-12-17-10(13)9-11(18-12)15-6-14-9/h2-6H,1H3,(H4,13,14,15,16,17,18). The highest BCUT2D eigenvalue weighted by Crippen LogP contribution is 2.25. The molecule has 0 unspecified atom stereocenters. The van der Waals surface area contributed by atoms with Crippen LogP contribution in [0.15, 0.2) is 35.5 Å². The molecule has 3 rings (SSSR count). The second kappa shape index (κ2) is 4.77. The van der Waals surface area contributed by atoms with Gasteiger partial charge in [0.1, 0.15) is 17.8 Å². The Morgan fingerprint density at radius 2 is 2.21 bits per heavy atom. The van der Waals surface area contributed by atoms with Crippen LogP contribution in [0.2, 0.25) is 0 Å². The average Bonchev–Trinajstić information content (AvgIpc) is 2.88. The van der Waals surface area contributed by atoms with Crippen molar-refractivity contribution in [2.24, 2.45) is 0 Å². The van der Waals surface area contributed by atoms with Gasteiger partial charge >= 0.3 is 0 Å². The van der Waals surface area contributed by atoms with Crippen LogP contribution in [0.25, 0.3) is 11.5 Å². The van der Waals surface area contributed by atoms with Crippen LogP contribution >= 0.6 is 11.8 Å². The number of imidazole rings is 1. The fraction of sp³-hybridized carbons (Fsp3) is 0.0833. The van der Waals surface area contributed by atoms with Crippen LogP contribution < -0.4 is 11.1 Å². The van der Waals surface area contributed by atoms with Crippen molar-refractivity contribution in [1.82, 2.24) is 19.9 Å². The minimum atomic E-state index is 0.450. The first-order valence-corrected chi connectivity index (χ1v) is 6.86. The van der Waals surface area contributed by atoms with Crippen LogP contribution in [0.5, 0.6) is 0 Å². The van der Waals surface area contributed by atoms with Crippen LogP contribution in [0.1, 0.15) is 0 Å². The number of aromatic nitrogens is 4. The van der Waals surface area contributed by atoms with Gasteiger partial charge in [0.15, 0.2) is 5.82 Å². The molecule has 0 aliphatic carbocycles. The monoisotopic (exact) mass is 272 g/mol. The Labute approximate surface area is 114 Å². The summed E-state index contributed by atoms with van der Waals surface area (Å²) in [6.07, 6.45) is 3.48.